The molecule has 0 aliphatic heterocycles. The van der Waals surface area contributed by atoms with Crippen LogP contribution in [0.5, 0.6) is 0 Å². The third-order valence-electron chi connectivity index (χ3n) is 4.17. The first-order valence-electron chi connectivity index (χ1n) is 8.34. The molecule has 0 aliphatic carbocycles. The molecule has 1 amide bonds. The fourth-order valence-corrected chi connectivity index (χ4v) is 2.79. The maximum Gasteiger partial charge on any atom is 0.222 e. The number of methoxy groups -OCH3 is 1. The zero-order valence-electron chi connectivity index (χ0n) is 14.6. The molecule has 0 spiro atoms. The summed E-state index contributed by atoms with van der Waals surface area (Å²) in [6, 6.07) is 20.8. The van der Waals surface area contributed by atoms with Crippen LogP contribution < -0.4 is 11.1 Å². The molecule has 2 rings (SSSR count). The van der Waals surface area contributed by atoms with Crippen LogP contribution >= 0.6 is 12.4 Å². The van der Waals surface area contributed by atoms with Gasteiger partial charge in [-0.15, -0.1) is 12.4 Å². The highest BCUT2D eigenvalue weighted by Gasteiger charge is 2.15. The fourth-order valence-electron chi connectivity index (χ4n) is 2.79. The number of hydrogen-bond acceptors (Lipinski definition) is 3. The molecule has 0 fully saturated rings. The number of halogens is 1. The Hall–Kier alpha value is -1.88. The molecule has 0 heterocycles. The lowest BCUT2D eigenvalue weighted by atomic mass is 9.88. The van der Waals surface area contributed by atoms with E-state index in [2.05, 4.69) is 29.6 Å². The van der Waals surface area contributed by atoms with Crippen molar-refractivity contribution < 1.29 is 9.53 Å². The summed E-state index contributed by atoms with van der Waals surface area (Å²) in [6.45, 7) is 0.967. The van der Waals surface area contributed by atoms with Crippen LogP contribution in [0.25, 0.3) is 0 Å². The predicted molar refractivity (Wildman–Crippen MR) is 104 cm³/mol. The van der Waals surface area contributed by atoms with E-state index in [0.717, 1.165) is 6.42 Å². The van der Waals surface area contributed by atoms with Gasteiger partial charge in [0, 0.05) is 26.1 Å². The largest absolute Gasteiger partial charge is 0.380 e. The Bertz CT molecular complexity index is 564. The van der Waals surface area contributed by atoms with Gasteiger partial charge in [-0.1, -0.05) is 60.7 Å². The maximum absolute atomic E-state index is 12.0. The molecule has 25 heavy (non-hydrogen) atoms. The monoisotopic (exact) mass is 362 g/mol. The van der Waals surface area contributed by atoms with Crippen molar-refractivity contribution in [2.24, 2.45) is 5.73 Å². The van der Waals surface area contributed by atoms with Gasteiger partial charge in [-0.25, -0.2) is 0 Å². The number of nitrogens with two attached hydrogens (primary N) is 1. The van der Waals surface area contributed by atoms with Crippen molar-refractivity contribution in [3.8, 4) is 0 Å². The fraction of sp³-hybridized carbons (Fsp3) is 0.350. The Labute approximate surface area is 156 Å². The molecule has 4 nitrogen and oxygen atoms in total. The van der Waals surface area contributed by atoms with E-state index in [-0.39, 0.29) is 30.3 Å². The minimum absolute atomic E-state index is 0. The minimum Gasteiger partial charge on any atom is -0.380 e. The van der Waals surface area contributed by atoms with Crippen LogP contribution in [0.3, 0.4) is 0 Å². The zero-order chi connectivity index (χ0) is 17.2. The molecule has 0 bridgehead atoms. The molecule has 0 aliphatic rings. The highest BCUT2D eigenvalue weighted by atomic mass is 35.5. The predicted octanol–water partition coefficient (Wildman–Crippen LogP) is 3.11. The van der Waals surface area contributed by atoms with Crippen molar-refractivity contribution in [2.45, 2.75) is 24.9 Å². The Kier molecular flexibility index (Phi) is 9.85. The third-order valence-corrected chi connectivity index (χ3v) is 4.17. The Morgan fingerprint density at radius 3 is 2.00 bits per heavy atom. The number of amides is 1. The van der Waals surface area contributed by atoms with E-state index >= 15 is 0 Å². The molecule has 2 aromatic rings. The van der Waals surface area contributed by atoms with Gasteiger partial charge in [0.2, 0.25) is 5.91 Å². The summed E-state index contributed by atoms with van der Waals surface area (Å²) in [5.41, 5.74) is 8.07. The molecular formula is C20H27ClN2O2. The lowest BCUT2D eigenvalue weighted by Crippen LogP contribution is -2.33. The Morgan fingerprint density at radius 1 is 1.04 bits per heavy atom. The van der Waals surface area contributed by atoms with E-state index < -0.39 is 0 Å². The molecular weight excluding hydrogens is 336 g/mol. The first kappa shape index (κ1) is 21.2. The van der Waals surface area contributed by atoms with Gasteiger partial charge in [-0.2, -0.15) is 0 Å². The van der Waals surface area contributed by atoms with Gasteiger partial charge in [0.25, 0.3) is 0 Å². The van der Waals surface area contributed by atoms with Crippen molar-refractivity contribution >= 4 is 18.3 Å². The second-order valence-electron chi connectivity index (χ2n) is 5.81. The van der Waals surface area contributed by atoms with Gasteiger partial charge in [0.05, 0.1) is 12.5 Å². The third kappa shape index (κ3) is 6.86. The second kappa shape index (κ2) is 11.6. The van der Waals surface area contributed by atoms with E-state index in [1.54, 1.807) is 7.11 Å². The van der Waals surface area contributed by atoms with E-state index in [1.165, 1.54) is 11.1 Å². The quantitative estimate of drug-likeness (QED) is 0.720. The van der Waals surface area contributed by atoms with Crippen LogP contribution in [-0.4, -0.2) is 32.2 Å². The molecule has 0 aromatic heterocycles. The van der Waals surface area contributed by atoms with Gasteiger partial charge in [-0.3, -0.25) is 4.79 Å². The van der Waals surface area contributed by atoms with Crippen molar-refractivity contribution in [1.29, 1.82) is 0 Å². The van der Waals surface area contributed by atoms with Crippen LogP contribution in [0.2, 0.25) is 0 Å². The zero-order valence-corrected chi connectivity index (χ0v) is 15.4. The molecule has 3 N–H and O–H groups in total. The Morgan fingerprint density at radius 2 is 1.56 bits per heavy atom. The first-order chi connectivity index (χ1) is 11.7. The molecule has 0 saturated carbocycles. The van der Waals surface area contributed by atoms with Gasteiger partial charge in [-0.05, 0) is 17.5 Å². The van der Waals surface area contributed by atoms with E-state index in [4.69, 9.17) is 10.5 Å². The average Bonchev–Trinajstić information content (AvgIpc) is 2.64. The van der Waals surface area contributed by atoms with Crippen LogP contribution in [-0.2, 0) is 9.53 Å². The van der Waals surface area contributed by atoms with Crippen molar-refractivity contribution in [2.75, 3.05) is 20.2 Å². The number of benzene rings is 2. The number of carbonyl (C=O) groups is 1. The standard InChI is InChI=1S/C20H26N2O2.ClH/c1-24-18(15-21)14-20(23)22-13-12-19(16-8-4-2-5-9-16)17-10-6-3-7-11-17;/h2-11,18-19H,12-15,21H2,1H3,(H,22,23);1H. The number of nitrogens with one attached hydrogen (secondary N) is 1. The summed E-state index contributed by atoms with van der Waals surface area (Å²) in [5, 5.41) is 2.98. The smallest absolute Gasteiger partial charge is 0.222 e. The highest BCUT2D eigenvalue weighted by Crippen LogP contribution is 2.27. The summed E-state index contributed by atoms with van der Waals surface area (Å²) in [6.07, 6.45) is 0.929. The van der Waals surface area contributed by atoms with Crippen LogP contribution in [0.15, 0.2) is 60.7 Å². The molecule has 2 aromatic carbocycles. The maximum atomic E-state index is 12.0. The summed E-state index contributed by atoms with van der Waals surface area (Å²) >= 11 is 0. The molecule has 1 unspecified atom stereocenters. The minimum atomic E-state index is -0.218. The summed E-state index contributed by atoms with van der Waals surface area (Å²) in [4.78, 5) is 12.0. The average molecular weight is 363 g/mol. The summed E-state index contributed by atoms with van der Waals surface area (Å²) < 4.78 is 5.15. The summed E-state index contributed by atoms with van der Waals surface area (Å²) in [7, 11) is 1.58. The van der Waals surface area contributed by atoms with Gasteiger partial charge >= 0.3 is 0 Å². The van der Waals surface area contributed by atoms with Crippen LogP contribution in [0.1, 0.15) is 29.9 Å². The summed E-state index contributed by atoms with van der Waals surface area (Å²) in [5.74, 6) is 0.243. The Balaban J connectivity index is 0.00000312. The SMILES string of the molecule is COC(CN)CC(=O)NCCC(c1ccccc1)c1ccccc1.Cl. The first-order valence-corrected chi connectivity index (χ1v) is 8.34. The normalized spacial score (nSPS) is 11.6. The lowest BCUT2D eigenvalue weighted by Gasteiger charge is -2.19. The van der Waals surface area contributed by atoms with E-state index in [1.807, 2.05) is 36.4 Å². The number of carbonyl (C=O) groups excluding carboxylic acids is 1. The molecule has 0 saturated heterocycles. The van der Waals surface area contributed by atoms with Crippen molar-refractivity contribution in [3.05, 3.63) is 71.8 Å². The van der Waals surface area contributed by atoms with Gasteiger partial charge < -0.3 is 15.8 Å². The van der Waals surface area contributed by atoms with Crippen molar-refractivity contribution in [1.82, 2.24) is 5.32 Å². The second-order valence-corrected chi connectivity index (χ2v) is 5.81. The van der Waals surface area contributed by atoms with Crippen molar-refractivity contribution in [3.63, 3.8) is 0 Å². The molecule has 1 atom stereocenters. The lowest BCUT2D eigenvalue weighted by molar-refractivity contribution is -0.123. The number of rotatable bonds is 9. The molecule has 136 valence electrons. The van der Waals surface area contributed by atoms with E-state index in [0.29, 0.717) is 19.5 Å². The van der Waals surface area contributed by atoms with Gasteiger partial charge in [0.1, 0.15) is 0 Å². The number of hydrogen-bond donors (Lipinski definition) is 2. The number of ether oxygens (including phenoxy) is 1. The van der Waals surface area contributed by atoms with Crippen LogP contribution in [0, 0.1) is 0 Å². The topological polar surface area (TPSA) is 64.3 Å². The molecule has 5 heteroatoms. The van der Waals surface area contributed by atoms with Crippen LogP contribution in [0.4, 0.5) is 0 Å². The van der Waals surface area contributed by atoms with E-state index in [9.17, 15) is 4.79 Å². The highest BCUT2D eigenvalue weighted by molar-refractivity contribution is 5.85. The van der Waals surface area contributed by atoms with Gasteiger partial charge in [0.15, 0.2) is 0 Å². The molecule has 0 radical (unpaired) electrons.